The zero-order chi connectivity index (χ0) is 15.4. The second-order valence-electron chi connectivity index (χ2n) is 7.61. The van der Waals surface area contributed by atoms with Crippen molar-refractivity contribution >= 4 is 16.9 Å². The van der Waals surface area contributed by atoms with Gasteiger partial charge in [0.2, 0.25) is 5.91 Å². The summed E-state index contributed by atoms with van der Waals surface area (Å²) < 4.78 is 0. The Morgan fingerprint density at radius 1 is 1.17 bits per heavy atom. The molecular weight excluding hydrogens is 286 g/mol. The number of hydrogen-bond donors (Lipinski definition) is 1. The first-order valence-electron chi connectivity index (χ1n) is 9.05. The van der Waals surface area contributed by atoms with E-state index >= 15 is 0 Å². The van der Waals surface area contributed by atoms with Crippen molar-refractivity contribution in [1.82, 2.24) is 14.9 Å². The van der Waals surface area contributed by atoms with E-state index in [2.05, 4.69) is 16.0 Å². The highest BCUT2D eigenvalue weighted by Crippen LogP contribution is 2.50. The van der Waals surface area contributed by atoms with Crippen LogP contribution in [0.25, 0.3) is 11.0 Å². The smallest absolute Gasteiger partial charge is 0.226 e. The molecule has 4 atom stereocenters. The summed E-state index contributed by atoms with van der Waals surface area (Å²) in [5.41, 5.74) is 2.07. The number of amides is 1. The number of aromatic amines is 1. The number of carbonyl (C=O) groups is 1. The fraction of sp³-hybridized carbons (Fsp3) is 0.579. The Bertz CT molecular complexity index is 719. The number of nitrogens with zero attached hydrogens (tertiary/aromatic N) is 2. The summed E-state index contributed by atoms with van der Waals surface area (Å²) in [5, 5.41) is 0. The van der Waals surface area contributed by atoms with E-state index in [1.165, 1.54) is 19.3 Å². The second kappa shape index (κ2) is 5.08. The van der Waals surface area contributed by atoms with Crippen molar-refractivity contribution in [2.45, 2.75) is 44.6 Å². The normalized spacial score (nSPS) is 33.0. The Labute approximate surface area is 136 Å². The number of para-hydroxylation sites is 2. The van der Waals surface area contributed by atoms with Gasteiger partial charge in [-0.05, 0) is 56.1 Å². The Balaban J connectivity index is 1.42. The van der Waals surface area contributed by atoms with Crippen LogP contribution in [0, 0.1) is 17.8 Å². The van der Waals surface area contributed by atoms with E-state index in [1.807, 2.05) is 18.2 Å². The molecule has 2 aliphatic carbocycles. The fourth-order valence-electron chi connectivity index (χ4n) is 5.21. The Morgan fingerprint density at radius 2 is 2.09 bits per heavy atom. The summed E-state index contributed by atoms with van der Waals surface area (Å²) in [6.07, 6.45) is 7.17. The zero-order valence-electron chi connectivity index (χ0n) is 13.4. The molecule has 1 aliphatic heterocycles. The van der Waals surface area contributed by atoms with Crippen LogP contribution in [0.5, 0.6) is 0 Å². The third-order valence-corrected chi connectivity index (χ3v) is 6.31. The van der Waals surface area contributed by atoms with Gasteiger partial charge in [-0.2, -0.15) is 0 Å². The minimum absolute atomic E-state index is 0.147. The number of hydrogen-bond acceptors (Lipinski definition) is 2. The van der Waals surface area contributed by atoms with Gasteiger partial charge < -0.3 is 9.88 Å². The Hall–Kier alpha value is -1.84. The first kappa shape index (κ1) is 13.6. The maximum atomic E-state index is 13.1. The van der Waals surface area contributed by atoms with Gasteiger partial charge in [-0.3, -0.25) is 4.79 Å². The fourth-order valence-corrected chi connectivity index (χ4v) is 5.21. The van der Waals surface area contributed by atoms with Gasteiger partial charge in [0.05, 0.1) is 17.1 Å². The van der Waals surface area contributed by atoms with Gasteiger partial charge in [0, 0.05) is 12.5 Å². The lowest BCUT2D eigenvalue weighted by Gasteiger charge is -2.30. The van der Waals surface area contributed by atoms with Crippen LogP contribution in [0.15, 0.2) is 24.3 Å². The molecule has 4 heteroatoms. The predicted molar refractivity (Wildman–Crippen MR) is 88.7 cm³/mol. The van der Waals surface area contributed by atoms with Crippen LogP contribution in [0.3, 0.4) is 0 Å². The lowest BCUT2D eigenvalue weighted by Crippen LogP contribution is -2.38. The van der Waals surface area contributed by atoms with Crippen LogP contribution in [-0.4, -0.2) is 27.3 Å². The van der Waals surface area contributed by atoms with Crippen LogP contribution in [0.4, 0.5) is 0 Å². The first-order chi connectivity index (χ1) is 11.3. The molecule has 0 radical (unpaired) electrons. The molecule has 23 heavy (non-hydrogen) atoms. The van der Waals surface area contributed by atoms with E-state index in [0.717, 1.165) is 48.6 Å². The highest BCUT2D eigenvalue weighted by Gasteiger charge is 2.46. The van der Waals surface area contributed by atoms with Crippen molar-refractivity contribution in [1.29, 1.82) is 0 Å². The van der Waals surface area contributed by atoms with Gasteiger partial charge in [0.25, 0.3) is 0 Å². The van der Waals surface area contributed by atoms with Crippen molar-refractivity contribution in [3.05, 3.63) is 30.1 Å². The molecule has 120 valence electrons. The van der Waals surface area contributed by atoms with Crippen molar-refractivity contribution in [2.75, 3.05) is 6.54 Å². The van der Waals surface area contributed by atoms with Crippen LogP contribution < -0.4 is 0 Å². The molecule has 1 N–H and O–H groups in total. The summed E-state index contributed by atoms with van der Waals surface area (Å²) in [6.45, 7) is 0.897. The van der Waals surface area contributed by atoms with Gasteiger partial charge in [0.1, 0.15) is 5.82 Å². The molecule has 1 amide bonds. The minimum atomic E-state index is 0.147. The topological polar surface area (TPSA) is 49.0 Å². The van der Waals surface area contributed by atoms with E-state index in [-0.39, 0.29) is 6.04 Å². The average molecular weight is 309 g/mol. The lowest BCUT2D eigenvalue weighted by atomic mass is 9.87. The summed E-state index contributed by atoms with van der Waals surface area (Å²) in [5.74, 6) is 3.14. The number of H-pyrrole nitrogens is 1. The van der Waals surface area contributed by atoms with Gasteiger partial charge in [-0.25, -0.2) is 4.98 Å². The van der Waals surface area contributed by atoms with Gasteiger partial charge in [-0.1, -0.05) is 18.6 Å². The molecule has 0 spiro atoms. The van der Waals surface area contributed by atoms with Gasteiger partial charge in [-0.15, -0.1) is 0 Å². The van der Waals surface area contributed by atoms with Crippen molar-refractivity contribution < 1.29 is 4.79 Å². The molecule has 2 bridgehead atoms. The van der Waals surface area contributed by atoms with Crippen molar-refractivity contribution in [3.63, 3.8) is 0 Å². The van der Waals surface area contributed by atoms with E-state index in [1.54, 1.807) is 0 Å². The number of aromatic nitrogens is 2. The predicted octanol–water partition coefficient (Wildman–Crippen LogP) is 3.66. The number of rotatable bonds is 2. The summed E-state index contributed by atoms with van der Waals surface area (Å²) in [4.78, 5) is 23.4. The zero-order valence-corrected chi connectivity index (χ0v) is 13.4. The molecule has 2 heterocycles. The van der Waals surface area contributed by atoms with E-state index in [4.69, 9.17) is 4.98 Å². The molecule has 1 aromatic heterocycles. The molecule has 3 fully saturated rings. The highest BCUT2D eigenvalue weighted by atomic mass is 16.2. The van der Waals surface area contributed by atoms with E-state index < -0.39 is 0 Å². The average Bonchev–Trinajstić information content (AvgIpc) is 3.35. The minimum Gasteiger partial charge on any atom is -0.340 e. The van der Waals surface area contributed by atoms with Crippen LogP contribution in [0.2, 0.25) is 0 Å². The molecule has 1 saturated heterocycles. The largest absolute Gasteiger partial charge is 0.340 e. The van der Waals surface area contributed by atoms with E-state index in [9.17, 15) is 4.79 Å². The lowest BCUT2D eigenvalue weighted by molar-refractivity contribution is -0.138. The first-order valence-corrected chi connectivity index (χ1v) is 9.05. The Kier molecular flexibility index (Phi) is 3.00. The molecular formula is C19H23N3O. The molecule has 0 unspecified atom stereocenters. The third-order valence-electron chi connectivity index (χ3n) is 6.31. The van der Waals surface area contributed by atoms with Crippen LogP contribution in [0.1, 0.15) is 50.4 Å². The second-order valence-corrected chi connectivity index (χ2v) is 7.61. The highest BCUT2D eigenvalue weighted by molar-refractivity contribution is 5.81. The molecule has 4 nitrogen and oxygen atoms in total. The monoisotopic (exact) mass is 309 g/mol. The molecule has 5 rings (SSSR count). The number of benzene rings is 1. The molecule has 2 aromatic rings. The van der Waals surface area contributed by atoms with Gasteiger partial charge in [0.15, 0.2) is 0 Å². The summed E-state index contributed by atoms with van der Waals surface area (Å²) in [6, 6.07) is 8.28. The number of fused-ring (bicyclic) bond motifs is 3. The third kappa shape index (κ3) is 2.11. The quantitative estimate of drug-likeness (QED) is 0.920. The van der Waals surface area contributed by atoms with Crippen LogP contribution in [-0.2, 0) is 4.79 Å². The van der Waals surface area contributed by atoms with Crippen molar-refractivity contribution in [2.24, 2.45) is 17.8 Å². The standard InChI is InChI=1S/C19H23N3O/c23-19(14-11-12-7-8-13(14)10-12)22-9-3-6-17(22)18-20-15-4-1-2-5-16(15)21-18/h1-2,4-5,12-14,17H,3,6-11H2,(H,20,21)/t12-,13-,14+,17+/m0/s1. The number of nitrogens with one attached hydrogen (secondary N) is 1. The van der Waals surface area contributed by atoms with Crippen LogP contribution >= 0.6 is 0 Å². The molecule has 2 saturated carbocycles. The van der Waals surface area contributed by atoms with Gasteiger partial charge >= 0.3 is 0 Å². The molecule has 3 aliphatic rings. The van der Waals surface area contributed by atoms with Crippen molar-refractivity contribution in [3.8, 4) is 0 Å². The number of likely N-dealkylation sites (tertiary alicyclic amines) is 1. The molecule has 1 aromatic carbocycles. The Morgan fingerprint density at radius 3 is 2.87 bits per heavy atom. The maximum absolute atomic E-state index is 13.1. The summed E-state index contributed by atoms with van der Waals surface area (Å²) in [7, 11) is 0. The SMILES string of the molecule is O=C([C@@H]1C[C@H]2CC[C@H]1C2)N1CCC[C@@H]1c1nc2ccccc2[nH]1. The number of carbonyl (C=O) groups excluding carboxylic acids is 1. The summed E-state index contributed by atoms with van der Waals surface area (Å²) >= 11 is 0. The maximum Gasteiger partial charge on any atom is 0.226 e. The number of imidazole rings is 1. The van der Waals surface area contributed by atoms with E-state index in [0.29, 0.717) is 17.7 Å².